The Balaban J connectivity index is 0.000000468. The Kier molecular flexibility index (Phi) is 15.4. The molecule has 1 aliphatic rings. The van der Waals surface area contributed by atoms with Crippen LogP contribution in [-0.2, 0) is 16.1 Å². The predicted molar refractivity (Wildman–Crippen MR) is 161 cm³/mol. The molecule has 0 bridgehead atoms. The van der Waals surface area contributed by atoms with Gasteiger partial charge in [-0.25, -0.2) is 18.2 Å². The third-order valence-corrected chi connectivity index (χ3v) is 6.84. The lowest BCUT2D eigenvalue weighted by molar-refractivity contribution is -0.200. The fraction of sp³-hybridized carbons (Fsp3) is 0.633. The van der Waals surface area contributed by atoms with Crippen LogP contribution in [0.15, 0.2) is 30.1 Å². The largest absolute Gasteiger partial charge is 0.367 e. The van der Waals surface area contributed by atoms with Crippen LogP contribution in [0, 0.1) is 18.3 Å². The van der Waals surface area contributed by atoms with E-state index in [-0.39, 0.29) is 12.5 Å². The van der Waals surface area contributed by atoms with Crippen molar-refractivity contribution >= 4 is 17.5 Å². The highest BCUT2D eigenvalue weighted by Crippen LogP contribution is 2.33. The molecule has 2 atom stereocenters. The zero-order valence-corrected chi connectivity index (χ0v) is 26.6. The number of aryl methyl sites for hydroxylation is 2. The van der Waals surface area contributed by atoms with Crippen LogP contribution in [0.5, 0.6) is 0 Å². The molecule has 2 unspecified atom stereocenters. The maximum Gasteiger partial charge on any atom is 0.303 e. The van der Waals surface area contributed by atoms with Crippen LogP contribution in [-0.4, -0.2) is 68.6 Å². The summed E-state index contributed by atoms with van der Waals surface area (Å²) in [6, 6.07) is 0.768. The summed E-state index contributed by atoms with van der Waals surface area (Å²) in [5.74, 6) is -2.61. The summed E-state index contributed by atoms with van der Waals surface area (Å²) >= 11 is 0. The van der Waals surface area contributed by atoms with Crippen molar-refractivity contribution in [3.05, 3.63) is 47.3 Å². The molecule has 1 saturated heterocycles. The van der Waals surface area contributed by atoms with Crippen molar-refractivity contribution in [2.45, 2.75) is 98.8 Å². The summed E-state index contributed by atoms with van der Waals surface area (Å²) in [5, 5.41) is 16.6. The summed E-state index contributed by atoms with van der Waals surface area (Å²) in [5.41, 5.74) is 0.682. The van der Waals surface area contributed by atoms with E-state index in [1.54, 1.807) is 19.9 Å². The molecule has 2 amide bonds. The molecule has 0 aromatic carbocycles. The molecule has 3 heterocycles. The molecule has 43 heavy (non-hydrogen) atoms. The van der Waals surface area contributed by atoms with E-state index in [0.717, 1.165) is 39.7 Å². The standard InChI is InChI=1S/C17H24F3N5O2.C7H13N.C6H11NO/c1-5-25-14(6-7-22-25)15(26)24-13(12-8-21-11(2)23-12)9-27-16(3,4)17(19,20)10-18;1-4-6(2)5-7(3)8;1-5-2-3-6(8)7-4-5/h6-8,13H,5,9-10H2,1-4H3,(H,21,23)(H,24,26);5,8H,4H2,1-3H3;5H,2-4H2,1H3,(H,7,8). The first-order chi connectivity index (χ1) is 20.1. The molecule has 1 aliphatic heterocycles. The van der Waals surface area contributed by atoms with E-state index in [1.807, 2.05) is 19.9 Å². The van der Waals surface area contributed by atoms with Gasteiger partial charge in [-0.2, -0.15) is 5.10 Å². The number of ether oxygens (including phenoxy) is 1. The lowest BCUT2D eigenvalue weighted by Crippen LogP contribution is -2.48. The summed E-state index contributed by atoms with van der Waals surface area (Å²) in [7, 11) is 0. The van der Waals surface area contributed by atoms with Gasteiger partial charge in [0.25, 0.3) is 5.91 Å². The number of alkyl halides is 3. The molecular formula is C30H48F3N7O3. The second-order valence-electron chi connectivity index (χ2n) is 11.1. The quantitative estimate of drug-likeness (QED) is 0.241. The van der Waals surface area contributed by atoms with E-state index in [9.17, 15) is 22.8 Å². The number of piperidine rings is 1. The number of imidazole rings is 1. The summed E-state index contributed by atoms with van der Waals surface area (Å²) < 4.78 is 47.0. The molecule has 13 heteroatoms. The van der Waals surface area contributed by atoms with Crippen molar-refractivity contribution in [2.75, 3.05) is 19.8 Å². The lowest BCUT2D eigenvalue weighted by Gasteiger charge is -2.33. The number of nitrogens with zero attached hydrogens (tertiary/aromatic N) is 3. The molecule has 242 valence electrons. The number of allylic oxidation sites excluding steroid dienone is 2. The highest BCUT2D eigenvalue weighted by atomic mass is 19.3. The molecule has 0 radical (unpaired) electrons. The third-order valence-electron chi connectivity index (χ3n) is 6.84. The zero-order chi connectivity index (χ0) is 32.8. The molecule has 2 aromatic rings. The zero-order valence-electron chi connectivity index (χ0n) is 26.6. The smallest absolute Gasteiger partial charge is 0.303 e. The fourth-order valence-electron chi connectivity index (χ4n) is 3.72. The van der Waals surface area contributed by atoms with Crippen LogP contribution >= 0.6 is 0 Å². The SMILES string of the molecule is CC1CCC(=O)NC1.CCC(C)=CC(C)=N.CCn1nccc1C(=O)NC(COC(C)(C)C(F)(F)CF)c1cnc(C)[nH]1. The molecule has 0 aliphatic carbocycles. The predicted octanol–water partition coefficient (Wildman–Crippen LogP) is 5.72. The van der Waals surface area contributed by atoms with Gasteiger partial charge in [-0.1, -0.05) is 19.4 Å². The van der Waals surface area contributed by atoms with E-state index in [4.69, 9.17) is 10.1 Å². The number of carbonyl (C=O) groups excluding carboxylic acids is 2. The van der Waals surface area contributed by atoms with Gasteiger partial charge >= 0.3 is 5.92 Å². The Morgan fingerprint density at radius 1 is 1.33 bits per heavy atom. The number of aromatic amines is 1. The van der Waals surface area contributed by atoms with Crippen LogP contribution in [0.25, 0.3) is 0 Å². The Morgan fingerprint density at radius 3 is 2.44 bits per heavy atom. The first kappa shape index (κ1) is 37.5. The molecule has 4 N–H and O–H groups in total. The van der Waals surface area contributed by atoms with Crippen molar-refractivity contribution in [2.24, 2.45) is 5.92 Å². The van der Waals surface area contributed by atoms with Gasteiger partial charge in [0.2, 0.25) is 5.91 Å². The Bertz CT molecular complexity index is 1200. The first-order valence-corrected chi connectivity index (χ1v) is 14.5. The average Bonchev–Trinajstić information content (AvgIpc) is 3.61. The van der Waals surface area contributed by atoms with E-state index in [2.05, 4.69) is 39.5 Å². The van der Waals surface area contributed by atoms with E-state index in [1.165, 1.54) is 22.6 Å². The van der Waals surface area contributed by atoms with Gasteiger partial charge in [0.05, 0.1) is 24.5 Å². The van der Waals surface area contributed by atoms with Gasteiger partial charge in [0.1, 0.15) is 17.1 Å². The second kappa shape index (κ2) is 17.6. The van der Waals surface area contributed by atoms with E-state index >= 15 is 0 Å². The van der Waals surface area contributed by atoms with Crippen LogP contribution in [0.1, 0.15) is 95.8 Å². The topological polar surface area (TPSA) is 138 Å². The summed E-state index contributed by atoms with van der Waals surface area (Å²) in [6.07, 6.45) is 7.71. The minimum Gasteiger partial charge on any atom is -0.367 e. The Morgan fingerprint density at radius 2 is 2.00 bits per heavy atom. The van der Waals surface area contributed by atoms with Crippen molar-refractivity contribution in [3.8, 4) is 0 Å². The molecule has 10 nitrogen and oxygen atoms in total. The maximum atomic E-state index is 13.8. The highest BCUT2D eigenvalue weighted by molar-refractivity contribution is 5.92. The minimum atomic E-state index is -3.66. The number of hydrogen-bond acceptors (Lipinski definition) is 6. The first-order valence-electron chi connectivity index (χ1n) is 14.5. The fourth-order valence-corrected chi connectivity index (χ4v) is 3.72. The molecule has 0 spiro atoms. The van der Waals surface area contributed by atoms with E-state index in [0.29, 0.717) is 35.4 Å². The molecule has 3 rings (SSSR count). The van der Waals surface area contributed by atoms with Crippen molar-refractivity contribution in [1.29, 1.82) is 5.41 Å². The van der Waals surface area contributed by atoms with Crippen LogP contribution < -0.4 is 10.6 Å². The van der Waals surface area contributed by atoms with Crippen molar-refractivity contribution < 1.29 is 27.5 Å². The van der Waals surface area contributed by atoms with Gasteiger partial charge in [-0.05, 0) is 72.4 Å². The second-order valence-corrected chi connectivity index (χ2v) is 11.1. The summed E-state index contributed by atoms with van der Waals surface area (Å²) in [6.45, 7) is 13.1. The normalized spacial score (nSPS) is 16.2. The molecular weight excluding hydrogens is 563 g/mol. The van der Waals surface area contributed by atoms with Crippen LogP contribution in [0.4, 0.5) is 13.2 Å². The number of amides is 2. The van der Waals surface area contributed by atoms with Gasteiger partial charge in [0, 0.05) is 31.4 Å². The highest BCUT2D eigenvalue weighted by Gasteiger charge is 2.48. The molecule has 2 aromatic heterocycles. The monoisotopic (exact) mass is 611 g/mol. The minimum absolute atomic E-state index is 0.211. The van der Waals surface area contributed by atoms with Crippen molar-refractivity contribution in [1.82, 2.24) is 30.4 Å². The third kappa shape index (κ3) is 12.7. The number of carbonyl (C=O) groups is 2. The number of hydrogen-bond donors (Lipinski definition) is 4. The number of rotatable bonds is 11. The van der Waals surface area contributed by atoms with Gasteiger partial charge in [0.15, 0.2) is 6.67 Å². The Hall–Kier alpha value is -3.48. The van der Waals surface area contributed by atoms with Gasteiger partial charge in [-0.3, -0.25) is 14.3 Å². The summed E-state index contributed by atoms with van der Waals surface area (Å²) in [4.78, 5) is 30.1. The number of H-pyrrole nitrogens is 1. The maximum absolute atomic E-state index is 13.8. The van der Waals surface area contributed by atoms with Gasteiger partial charge in [-0.15, -0.1) is 0 Å². The Labute approximate surface area is 252 Å². The lowest BCUT2D eigenvalue weighted by atomic mass is 10.0. The number of aromatic nitrogens is 4. The van der Waals surface area contributed by atoms with Crippen molar-refractivity contribution in [3.63, 3.8) is 0 Å². The molecule has 1 fully saturated rings. The number of nitrogens with one attached hydrogen (secondary N) is 4. The molecule has 0 saturated carbocycles. The van der Waals surface area contributed by atoms with Gasteiger partial charge < -0.3 is 25.8 Å². The number of halogens is 3. The van der Waals surface area contributed by atoms with E-state index < -0.39 is 30.1 Å². The average molecular weight is 612 g/mol. The van der Waals surface area contributed by atoms with Crippen LogP contribution in [0.2, 0.25) is 0 Å². The van der Waals surface area contributed by atoms with Crippen LogP contribution in [0.3, 0.4) is 0 Å².